The fraction of sp³-hybridized carbons (Fsp3) is 0.700. The molecule has 0 aromatic heterocycles. The van der Waals surface area contributed by atoms with Gasteiger partial charge in [0.2, 0.25) is 5.91 Å². The summed E-state index contributed by atoms with van der Waals surface area (Å²) in [4.78, 5) is 35.1. The van der Waals surface area contributed by atoms with Gasteiger partial charge in [0.05, 0.1) is 44.0 Å². The fourth-order valence-corrected chi connectivity index (χ4v) is 5.55. The van der Waals surface area contributed by atoms with Crippen molar-refractivity contribution in [3.63, 3.8) is 0 Å². The van der Waals surface area contributed by atoms with Gasteiger partial charge in [-0.15, -0.1) is 0 Å². The van der Waals surface area contributed by atoms with Gasteiger partial charge in [-0.05, 0) is 64.9 Å². The smallest absolute Gasteiger partial charge is 0.308 e. The fourth-order valence-electron chi connectivity index (χ4n) is 5.55. The highest BCUT2D eigenvalue weighted by molar-refractivity contribution is 5.87. The highest BCUT2D eigenvalue weighted by Gasteiger charge is 2.56. The van der Waals surface area contributed by atoms with Crippen LogP contribution in [0.15, 0.2) is 36.0 Å². The number of hydrogen-bond donors (Lipinski definition) is 2. The van der Waals surface area contributed by atoms with Gasteiger partial charge in [-0.1, -0.05) is 30.7 Å². The zero-order chi connectivity index (χ0) is 28.7. The Morgan fingerprint density at radius 3 is 2.51 bits per heavy atom. The van der Waals surface area contributed by atoms with Crippen LogP contribution < -0.4 is 5.32 Å². The SMILES string of the molecule is COC(=O)C[C@@H]1CC2(CC2)[C@H](O)[C@@H](/C=C/C(C)=C\C[C@@H]2O[C@H](C)[C@H](NC(=O)/C=C\[C@H](C)OC(C)=O)C[C@H]2C)O1. The summed E-state index contributed by atoms with van der Waals surface area (Å²) in [5.41, 5.74) is 0.893. The summed E-state index contributed by atoms with van der Waals surface area (Å²) in [7, 11) is 1.38. The molecule has 39 heavy (non-hydrogen) atoms. The van der Waals surface area contributed by atoms with Gasteiger partial charge >= 0.3 is 11.9 Å². The van der Waals surface area contributed by atoms with Crippen molar-refractivity contribution in [1.29, 1.82) is 0 Å². The van der Waals surface area contributed by atoms with Crippen LogP contribution in [0, 0.1) is 11.3 Å². The maximum Gasteiger partial charge on any atom is 0.308 e. The Morgan fingerprint density at radius 1 is 1.15 bits per heavy atom. The lowest BCUT2D eigenvalue weighted by Crippen LogP contribution is -2.50. The van der Waals surface area contributed by atoms with Crippen molar-refractivity contribution >= 4 is 17.8 Å². The number of amides is 1. The van der Waals surface area contributed by atoms with Gasteiger partial charge in [-0.2, -0.15) is 0 Å². The van der Waals surface area contributed by atoms with Gasteiger partial charge in [0, 0.05) is 18.4 Å². The van der Waals surface area contributed by atoms with Gasteiger partial charge < -0.3 is 29.4 Å². The molecule has 0 radical (unpaired) electrons. The molecule has 3 fully saturated rings. The summed E-state index contributed by atoms with van der Waals surface area (Å²) in [6, 6.07) is -0.111. The van der Waals surface area contributed by atoms with Crippen LogP contribution in [0.25, 0.3) is 0 Å². The number of nitrogens with one attached hydrogen (secondary N) is 1. The van der Waals surface area contributed by atoms with Crippen molar-refractivity contribution in [2.75, 3.05) is 7.11 Å². The van der Waals surface area contributed by atoms with Crippen LogP contribution in [-0.4, -0.2) is 72.7 Å². The Morgan fingerprint density at radius 2 is 1.87 bits per heavy atom. The molecule has 2 saturated heterocycles. The quantitative estimate of drug-likeness (QED) is 0.242. The molecule has 1 spiro atoms. The van der Waals surface area contributed by atoms with Crippen molar-refractivity contribution in [3.8, 4) is 0 Å². The molecule has 1 amide bonds. The molecule has 3 rings (SSSR count). The molecule has 218 valence electrons. The highest BCUT2D eigenvalue weighted by atomic mass is 16.5. The van der Waals surface area contributed by atoms with Crippen LogP contribution in [0.5, 0.6) is 0 Å². The molecular weight excluding hydrogens is 502 g/mol. The summed E-state index contributed by atoms with van der Waals surface area (Å²) >= 11 is 0. The molecule has 9 nitrogen and oxygen atoms in total. The predicted molar refractivity (Wildman–Crippen MR) is 146 cm³/mol. The lowest BCUT2D eigenvalue weighted by Gasteiger charge is -2.39. The van der Waals surface area contributed by atoms with Crippen LogP contribution >= 0.6 is 0 Å². The Balaban J connectivity index is 1.50. The monoisotopic (exact) mass is 547 g/mol. The van der Waals surface area contributed by atoms with Crippen LogP contribution in [-0.2, 0) is 33.3 Å². The molecule has 0 bridgehead atoms. The van der Waals surface area contributed by atoms with E-state index in [9.17, 15) is 19.5 Å². The lowest BCUT2D eigenvalue weighted by molar-refractivity contribution is -0.158. The maximum absolute atomic E-state index is 12.3. The molecule has 0 aromatic carbocycles. The van der Waals surface area contributed by atoms with E-state index < -0.39 is 24.3 Å². The first-order chi connectivity index (χ1) is 18.4. The molecule has 1 saturated carbocycles. The topological polar surface area (TPSA) is 120 Å². The molecule has 9 heteroatoms. The standard InChI is InChI=1S/C30H45NO8/c1-18(8-11-26-29(35)30(13-14-30)17-23(39-26)16-28(34)36-6)7-10-25-19(2)15-24(21(4)38-25)31-27(33)12-9-20(3)37-22(5)32/h7-9,11-12,19-21,23-26,29,35H,10,13-17H2,1-6H3,(H,31,33)/b11-8+,12-9-,18-7-/t19-,20+,21-,23-,24-,25+,26-,29-/m1/s1. The molecule has 1 aliphatic carbocycles. The van der Waals surface area contributed by atoms with Gasteiger partial charge in [0.15, 0.2) is 0 Å². The van der Waals surface area contributed by atoms with E-state index >= 15 is 0 Å². The van der Waals surface area contributed by atoms with Crippen LogP contribution in [0.3, 0.4) is 0 Å². The number of rotatable bonds is 10. The normalized spacial score (nSPS) is 33.2. The predicted octanol–water partition coefficient (Wildman–Crippen LogP) is 3.55. The molecule has 3 aliphatic rings. The van der Waals surface area contributed by atoms with Gasteiger partial charge in [-0.25, -0.2) is 0 Å². The average Bonchev–Trinajstić information content (AvgIpc) is 3.64. The Labute approximate surface area is 232 Å². The number of esters is 2. The van der Waals surface area contributed by atoms with Crippen molar-refractivity contribution in [3.05, 3.63) is 36.0 Å². The third kappa shape index (κ3) is 9.01. The van der Waals surface area contributed by atoms with E-state index in [4.69, 9.17) is 18.9 Å². The van der Waals surface area contributed by atoms with E-state index in [0.29, 0.717) is 6.42 Å². The molecular formula is C30H45NO8. The van der Waals surface area contributed by atoms with Crippen LogP contribution in [0.2, 0.25) is 0 Å². The zero-order valence-corrected chi connectivity index (χ0v) is 24.1. The number of carbonyl (C=O) groups is 3. The Bertz CT molecular complexity index is 968. The van der Waals surface area contributed by atoms with E-state index in [0.717, 1.165) is 31.3 Å². The summed E-state index contributed by atoms with van der Waals surface area (Å²) in [6.07, 6.45) is 11.4. The number of aliphatic hydroxyl groups excluding tert-OH is 1. The number of methoxy groups -OCH3 is 1. The van der Waals surface area contributed by atoms with Gasteiger partial charge in [-0.3, -0.25) is 14.4 Å². The van der Waals surface area contributed by atoms with Crippen molar-refractivity contribution in [2.24, 2.45) is 11.3 Å². The number of hydrogen-bond acceptors (Lipinski definition) is 8. The number of aliphatic hydroxyl groups is 1. The summed E-state index contributed by atoms with van der Waals surface area (Å²) in [6.45, 7) is 9.12. The van der Waals surface area contributed by atoms with Crippen molar-refractivity contribution < 1.29 is 38.4 Å². The van der Waals surface area contributed by atoms with E-state index in [-0.39, 0.29) is 54.0 Å². The second-order valence-electron chi connectivity index (χ2n) is 11.4. The Kier molecular flexibility index (Phi) is 10.9. The van der Waals surface area contributed by atoms with Gasteiger partial charge in [0.1, 0.15) is 12.2 Å². The van der Waals surface area contributed by atoms with Crippen LogP contribution in [0.4, 0.5) is 0 Å². The zero-order valence-electron chi connectivity index (χ0n) is 24.1. The first-order valence-electron chi connectivity index (χ1n) is 14.0. The summed E-state index contributed by atoms with van der Waals surface area (Å²) < 4.78 is 22.1. The first kappa shape index (κ1) is 31.0. The number of allylic oxidation sites excluding steroid dienone is 2. The minimum Gasteiger partial charge on any atom is -0.469 e. The molecule has 2 heterocycles. The second kappa shape index (κ2) is 13.7. The third-order valence-electron chi connectivity index (χ3n) is 8.07. The Hall–Kier alpha value is -2.49. The summed E-state index contributed by atoms with van der Waals surface area (Å²) in [5.74, 6) is -0.693. The lowest BCUT2D eigenvalue weighted by atomic mass is 9.84. The van der Waals surface area contributed by atoms with E-state index in [1.807, 2.05) is 26.0 Å². The highest BCUT2D eigenvalue weighted by Crippen LogP contribution is 2.56. The minimum absolute atomic E-state index is 0.0201. The maximum atomic E-state index is 12.3. The largest absolute Gasteiger partial charge is 0.469 e. The number of carbonyl (C=O) groups excluding carboxylic acids is 3. The second-order valence-corrected chi connectivity index (χ2v) is 11.4. The van der Waals surface area contributed by atoms with Crippen molar-refractivity contribution in [2.45, 2.75) is 116 Å². The molecule has 0 aromatic rings. The van der Waals surface area contributed by atoms with Crippen LogP contribution in [0.1, 0.15) is 73.1 Å². The first-order valence-corrected chi connectivity index (χ1v) is 14.0. The van der Waals surface area contributed by atoms with E-state index in [1.54, 1.807) is 13.0 Å². The van der Waals surface area contributed by atoms with Gasteiger partial charge in [0.25, 0.3) is 0 Å². The van der Waals surface area contributed by atoms with E-state index in [2.05, 4.69) is 18.3 Å². The number of ether oxygens (including phenoxy) is 4. The summed E-state index contributed by atoms with van der Waals surface area (Å²) in [5, 5.41) is 13.9. The molecule has 2 N–H and O–H groups in total. The average molecular weight is 548 g/mol. The minimum atomic E-state index is -0.579. The third-order valence-corrected chi connectivity index (χ3v) is 8.07. The molecule has 2 aliphatic heterocycles. The van der Waals surface area contributed by atoms with Crippen molar-refractivity contribution in [1.82, 2.24) is 5.32 Å². The molecule has 0 unspecified atom stereocenters. The molecule has 8 atom stereocenters. The van der Waals surface area contributed by atoms with E-state index in [1.165, 1.54) is 20.1 Å².